The number of methoxy groups -OCH3 is 2. The van der Waals surface area contributed by atoms with E-state index in [-0.39, 0.29) is 24.1 Å². The molecule has 1 N–H and O–H groups in total. The highest BCUT2D eigenvalue weighted by Crippen LogP contribution is 2.20. The van der Waals surface area contributed by atoms with E-state index in [4.69, 9.17) is 9.47 Å². The van der Waals surface area contributed by atoms with Crippen molar-refractivity contribution in [3.8, 4) is 5.75 Å². The van der Waals surface area contributed by atoms with Crippen LogP contribution >= 0.6 is 0 Å². The van der Waals surface area contributed by atoms with E-state index in [2.05, 4.69) is 10.2 Å². The minimum absolute atomic E-state index is 0.0269. The molecule has 2 heterocycles. The summed E-state index contributed by atoms with van der Waals surface area (Å²) in [4.78, 5) is 31.2. The van der Waals surface area contributed by atoms with E-state index in [0.717, 1.165) is 65.1 Å². The number of nitrogens with one attached hydrogen (secondary N) is 1. The summed E-state index contributed by atoms with van der Waals surface area (Å²) < 4.78 is 11.0. The molecule has 0 aliphatic carbocycles. The molecule has 2 unspecified atom stereocenters. The Balaban J connectivity index is 1.42. The first-order valence-electron chi connectivity index (χ1n) is 11.3. The standard InChI is InChI=1S/C23H36N4O4/c1-4-26-15-16-27(23(26)29)13-8-7-12-25-14-11-19(21(17-25)31-3)24-22(28)18-9-5-6-10-20(18)30-2/h5-6,9-10,19,21H,4,7-8,11-17H2,1-3H3,(H,24,28). The summed E-state index contributed by atoms with van der Waals surface area (Å²) >= 11 is 0. The molecular weight excluding hydrogens is 396 g/mol. The van der Waals surface area contributed by atoms with Crippen LogP contribution in [0.5, 0.6) is 5.75 Å². The van der Waals surface area contributed by atoms with Crippen molar-refractivity contribution < 1.29 is 19.1 Å². The topological polar surface area (TPSA) is 74.3 Å². The highest BCUT2D eigenvalue weighted by molar-refractivity contribution is 5.97. The second-order valence-corrected chi connectivity index (χ2v) is 8.20. The van der Waals surface area contributed by atoms with Gasteiger partial charge in [-0.05, 0) is 44.9 Å². The van der Waals surface area contributed by atoms with Gasteiger partial charge in [-0.25, -0.2) is 4.79 Å². The Morgan fingerprint density at radius 2 is 1.84 bits per heavy atom. The molecule has 0 aromatic heterocycles. The SMILES string of the molecule is CCN1CCN(CCCCN2CCC(NC(=O)c3ccccc3OC)C(OC)C2)C1=O. The van der Waals surface area contributed by atoms with Crippen LogP contribution in [0.3, 0.4) is 0 Å². The smallest absolute Gasteiger partial charge is 0.320 e. The summed E-state index contributed by atoms with van der Waals surface area (Å²) in [5, 5.41) is 3.13. The minimum atomic E-state index is -0.130. The zero-order chi connectivity index (χ0) is 22.2. The lowest BCUT2D eigenvalue weighted by molar-refractivity contribution is 0.00591. The molecule has 31 heavy (non-hydrogen) atoms. The van der Waals surface area contributed by atoms with Crippen molar-refractivity contribution in [3.05, 3.63) is 29.8 Å². The van der Waals surface area contributed by atoms with Gasteiger partial charge in [0.05, 0.1) is 24.8 Å². The fraction of sp³-hybridized carbons (Fsp3) is 0.652. The van der Waals surface area contributed by atoms with Gasteiger partial charge in [-0.15, -0.1) is 0 Å². The van der Waals surface area contributed by atoms with E-state index in [1.165, 1.54) is 0 Å². The molecule has 172 valence electrons. The second kappa shape index (κ2) is 11.3. The maximum absolute atomic E-state index is 12.7. The van der Waals surface area contributed by atoms with Crippen molar-refractivity contribution in [1.82, 2.24) is 20.0 Å². The van der Waals surface area contributed by atoms with E-state index in [9.17, 15) is 9.59 Å². The number of hydrogen-bond donors (Lipinski definition) is 1. The molecule has 8 heteroatoms. The molecule has 0 radical (unpaired) electrons. The van der Waals surface area contributed by atoms with Crippen molar-refractivity contribution in [3.63, 3.8) is 0 Å². The van der Waals surface area contributed by atoms with Crippen molar-refractivity contribution in [1.29, 1.82) is 0 Å². The maximum Gasteiger partial charge on any atom is 0.320 e. The normalized spacial score (nSPS) is 22.1. The summed E-state index contributed by atoms with van der Waals surface area (Å²) in [7, 11) is 3.27. The second-order valence-electron chi connectivity index (χ2n) is 8.20. The van der Waals surface area contributed by atoms with Crippen LogP contribution in [0, 0.1) is 0 Å². The van der Waals surface area contributed by atoms with Gasteiger partial charge in [0.2, 0.25) is 0 Å². The molecular formula is C23H36N4O4. The van der Waals surface area contributed by atoms with Crippen LogP contribution in [-0.2, 0) is 4.74 Å². The number of hydrogen-bond acceptors (Lipinski definition) is 5. The third kappa shape index (κ3) is 5.89. The summed E-state index contributed by atoms with van der Waals surface area (Å²) in [5.74, 6) is 0.444. The largest absolute Gasteiger partial charge is 0.496 e. The Hall–Kier alpha value is -2.32. The Morgan fingerprint density at radius 1 is 1.10 bits per heavy atom. The van der Waals surface area contributed by atoms with Crippen molar-refractivity contribution in [2.24, 2.45) is 0 Å². The zero-order valence-corrected chi connectivity index (χ0v) is 19.0. The van der Waals surface area contributed by atoms with Crippen molar-refractivity contribution in [2.45, 2.75) is 38.3 Å². The number of likely N-dealkylation sites (N-methyl/N-ethyl adjacent to an activating group) is 1. The Kier molecular flexibility index (Phi) is 8.54. The molecule has 1 aromatic carbocycles. The Morgan fingerprint density at radius 3 is 2.55 bits per heavy atom. The molecule has 3 rings (SSSR count). The summed E-state index contributed by atoms with van der Waals surface area (Å²) in [6, 6.07) is 7.40. The number of rotatable bonds is 10. The Bertz CT molecular complexity index is 744. The van der Waals surface area contributed by atoms with Crippen molar-refractivity contribution >= 4 is 11.9 Å². The molecule has 8 nitrogen and oxygen atoms in total. The lowest BCUT2D eigenvalue weighted by Crippen LogP contribution is -2.54. The maximum atomic E-state index is 12.7. The predicted octanol–water partition coefficient (Wildman–Crippen LogP) is 2.05. The fourth-order valence-corrected chi connectivity index (χ4v) is 4.44. The van der Waals surface area contributed by atoms with Crippen LogP contribution < -0.4 is 10.1 Å². The third-order valence-electron chi connectivity index (χ3n) is 6.33. The lowest BCUT2D eigenvalue weighted by Gasteiger charge is -2.38. The van der Waals surface area contributed by atoms with E-state index >= 15 is 0 Å². The van der Waals surface area contributed by atoms with Gasteiger partial charge >= 0.3 is 6.03 Å². The molecule has 2 aliphatic heterocycles. The average molecular weight is 433 g/mol. The molecule has 0 saturated carbocycles. The summed E-state index contributed by atoms with van der Waals surface area (Å²) in [6.07, 6.45) is 2.84. The van der Waals surface area contributed by atoms with E-state index in [1.54, 1.807) is 26.4 Å². The number of likely N-dealkylation sites (tertiary alicyclic amines) is 1. The zero-order valence-electron chi connectivity index (χ0n) is 19.0. The minimum Gasteiger partial charge on any atom is -0.496 e. The van der Waals surface area contributed by atoms with E-state index in [0.29, 0.717) is 11.3 Å². The van der Waals surface area contributed by atoms with Gasteiger partial charge in [-0.2, -0.15) is 0 Å². The van der Waals surface area contributed by atoms with Gasteiger partial charge in [0.15, 0.2) is 0 Å². The quantitative estimate of drug-likeness (QED) is 0.573. The van der Waals surface area contributed by atoms with Crippen molar-refractivity contribution in [2.75, 3.05) is 60.0 Å². The molecule has 2 atom stereocenters. The first-order chi connectivity index (χ1) is 15.1. The van der Waals surface area contributed by atoms with Gasteiger partial charge < -0.3 is 29.5 Å². The van der Waals surface area contributed by atoms with Gasteiger partial charge in [0.1, 0.15) is 5.75 Å². The van der Waals surface area contributed by atoms with Crippen LogP contribution in [0.25, 0.3) is 0 Å². The number of amides is 3. The molecule has 0 bridgehead atoms. The number of carbonyl (C=O) groups excluding carboxylic acids is 2. The van der Waals surface area contributed by atoms with Crippen LogP contribution in [0.2, 0.25) is 0 Å². The molecule has 2 aliphatic rings. The highest BCUT2D eigenvalue weighted by atomic mass is 16.5. The lowest BCUT2D eigenvalue weighted by atomic mass is 10.0. The molecule has 3 amide bonds. The van der Waals surface area contributed by atoms with E-state index < -0.39 is 0 Å². The van der Waals surface area contributed by atoms with Crippen LogP contribution in [0.1, 0.15) is 36.5 Å². The van der Waals surface area contributed by atoms with Gasteiger partial charge in [-0.1, -0.05) is 12.1 Å². The number of benzene rings is 1. The van der Waals surface area contributed by atoms with Crippen LogP contribution in [0.4, 0.5) is 4.79 Å². The first kappa shape index (κ1) is 23.3. The number of piperidine rings is 1. The average Bonchev–Trinajstić information content (AvgIpc) is 3.16. The first-order valence-corrected chi connectivity index (χ1v) is 11.3. The monoisotopic (exact) mass is 432 g/mol. The number of ether oxygens (including phenoxy) is 2. The van der Waals surface area contributed by atoms with Crippen LogP contribution in [-0.4, -0.2) is 98.8 Å². The number of nitrogens with zero attached hydrogens (tertiary/aromatic N) is 3. The fourth-order valence-electron chi connectivity index (χ4n) is 4.44. The Labute approximate surface area is 185 Å². The number of unbranched alkanes of at least 4 members (excludes halogenated alkanes) is 1. The molecule has 2 fully saturated rings. The van der Waals surface area contributed by atoms with Crippen LogP contribution in [0.15, 0.2) is 24.3 Å². The molecule has 2 saturated heterocycles. The van der Waals surface area contributed by atoms with Gasteiger partial charge in [0.25, 0.3) is 5.91 Å². The molecule has 0 spiro atoms. The van der Waals surface area contributed by atoms with Gasteiger partial charge in [0, 0.05) is 46.4 Å². The predicted molar refractivity (Wildman–Crippen MR) is 120 cm³/mol. The number of urea groups is 1. The number of carbonyl (C=O) groups is 2. The third-order valence-corrected chi connectivity index (χ3v) is 6.33. The number of para-hydroxylation sites is 1. The highest BCUT2D eigenvalue weighted by Gasteiger charge is 2.31. The summed E-state index contributed by atoms with van der Waals surface area (Å²) in [6.45, 7) is 8.02. The summed E-state index contributed by atoms with van der Waals surface area (Å²) in [5.41, 5.74) is 0.542. The van der Waals surface area contributed by atoms with E-state index in [1.807, 2.05) is 28.9 Å². The van der Waals surface area contributed by atoms with Gasteiger partial charge in [-0.3, -0.25) is 4.79 Å². The molecule has 1 aromatic rings.